The van der Waals surface area contributed by atoms with Gasteiger partial charge in [-0.2, -0.15) is 0 Å². The molecule has 0 radical (unpaired) electrons. The second-order valence-corrected chi connectivity index (χ2v) is 16.6. The molecule has 2 nitrogen and oxygen atoms in total. The Hall–Kier alpha value is -7.68. The van der Waals surface area contributed by atoms with E-state index in [0.29, 0.717) is 0 Å². The molecular weight excluding hydrogens is 749 g/mol. The summed E-state index contributed by atoms with van der Waals surface area (Å²) in [5.41, 5.74) is 19.9. The summed E-state index contributed by atoms with van der Waals surface area (Å²) in [4.78, 5) is 0. The van der Waals surface area contributed by atoms with Gasteiger partial charge >= 0.3 is 0 Å². The molecule has 0 atom stereocenters. The van der Waals surface area contributed by atoms with E-state index in [1.54, 1.807) is 0 Å². The molecule has 2 heterocycles. The monoisotopic (exact) mass is 792 g/mol. The van der Waals surface area contributed by atoms with Gasteiger partial charge < -0.3 is 9.13 Å². The summed E-state index contributed by atoms with van der Waals surface area (Å²) in [7, 11) is 0. The third kappa shape index (κ3) is 5.94. The molecule has 0 unspecified atom stereocenters. The number of benzene rings is 8. The summed E-state index contributed by atoms with van der Waals surface area (Å²) < 4.78 is 5.12. The fourth-order valence-corrected chi connectivity index (χ4v) is 10.3. The highest BCUT2D eigenvalue weighted by atomic mass is 15.0. The normalized spacial score (nSPS) is 13.1. The molecule has 0 amide bonds. The number of aromatic nitrogens is 2. The van der Waals surface area contributed by atoms with Crippen LogP contribution in [0.25, 0.3) is 107 Å². The van der Waals surface area contributed by atoms with Gasteiger partial charge in [0.05, 0.1) is 22.4 Å². The lowest BCUT2D eigenvalue weighted by molar-refractivity contribution is 0.889. The quantitative estimate of drug-likeness (QED) is 0.152. The first-order valence-electron chi connectivity index (χ1n) is 22.0. The predicted molar refractivity (Wildman–Crippen MR) is 262 cm³/mol. The Morgan fingerprint density at radius 1 is 0.355 bits per heavy atom. The van der Waals surface area contributed by atoms with Gasteiger partial charge in [-0.05, 0) is 107 Å². The summed E-state index contributed by atoms with van der Waals surface area (Å²) >= 11 is 0. The molecule has 0 bridgehead atoms. The molecule has 0 saturated heterocycles. The standard InChI is InChI=1S/C60H44N2/c1-5-19-41(20-6-1)45-35-37-55(51(39-45)43-23-9-3-10-24-43)61-53-31-15-13-27-49(53)59-47(29-17-33-57(59)61)48-30-18-34-58-60(48)50-28-14-16-32-54(50)62(58)56-38-36-46(42-21-7-2-8-22-42)40-52(56)44-25-11-4-12-26-44/h1-13,17-30,32-40H,14-16,31H2. The van der Waals surface area contributed by atoms with E-state index in [1.807, 2.05) is 0 Å². The highest BCUT2D eigenvalue weighted by molar-refractivity contribution is 6.10. The second kappa shape index (κ2) is 15.1. The van der Waals surface area contributed by atoms with Crippen LogP contribution in [0.3, 0.4) is 0 Å². The van der Waals surface area contributed by atoms with Crippen LogP contribution >= 0.6 is 0 Å². The average molecular weight is 793 g/mol. The topological polar surface area (TPSA) is 9.86 Å². The number of fused-ring (bicyclic) bond motifs is 6. The fourth-order valence-electron chi connectivity index (χ4n) is 10.3. The third-order valence-electron chi connectivity index (χ3n) is 13.0. The van der Waals surface area contributed by atoms with Gasteiger partial charge in [0.15, 0.2) is 0 Å². The maximum absolute atomic E-state index is 2.58. The van der Waals surface area contributed by atoms with E-state index in [4.69, 9.17) is 0 Å². The molecule has 2 aromatic heterocycles. The molecule has 62 heavy (non-hydrogen) atoms. The number of hydrogen-bond donors (Lipinski definition) is 0. The summed E-state index contributed by atoms with van der Waals surface area (Å²) in [5, 5.41) is 5.24. The Kier molecular flexibility index (Phi) is 8.81. The Labute approximate surface area is 362 Å². The van der Waals surface area contributed by atoms with Gasteiger partial charge in [0, 0.05) is 43.7 Å². The van der Waals surface area contributed by atoms with Crippen LogP contribution in [-0.4, -0.2) is 9.13 Å². The molecule has 12 rings (SSSR count). The van der Waals surface area contributed by atoms with E-state index >= 15 is 0 Å². The van der Waals surface area contributed by atoms with Crippen LogP contribution in [0.5, 0.6) is 0 Å². The molecule has 0 aliphatic heterocycles. The van der Waals surface area contributed by atoms with Crippen molar-refractivity contribution in [2.75, 3.05) is 0 Å². The molecule has 2 aliphatic rings. The molecule has 8 aromatic carbocycles. The lowest BCUT2D eigenvalue weighted by atomic mass is 9.93. The zero-order valence-corrected chi connectivity index (χ0v) is 34.5. The van der Waals surface area contributed by atoms with Gasteiger partial charge in [0.25, 0.3) is 0 Å². The Bertz CT molecular complexity index is 3480. The van der Waals surface area contributed by atoms with Crippen LogP contribution in [0, 0.1) is 0 Å². The first kappa shape index (κ1) is 36.2. The Balaban J connectivity index is 1.11. The summed E-state index contributed by atoms with van der Waals surface area (Å²) in [6.07, 6.45) is 13.8. The van der Waals surface area contributed by atoms with E-state index in [1.165, 1.54) is 111 Å². The fraction of sp³-hybridized carbons (Fsp3) is 0.0667. The molecule has 2 aliphatic carbocycles. The Morgan fingerprint density at radius 2 is 0.855 bits per heavy atom. The van der Waals surface area contributed by atoms with E-state index < -0.39 is 0 Å². The third-order valence-corrected chi connectivity index (χ3v) is 13.0. The molecule has 0 N–H and O–H groups in total. The number of rotatable bonds is 7. The minimum Gasteiger partial charge on any atom is -0.312 e. The predicted octanol–water partition coefficient (Wildman–Crippen LogP) is 14.2. The highest BCUT2D eigenvalue weighted by Crippen LogP contribution is 2.44. The average Bonchev–Trinajstić information content (AvgIpc) is 3.88. The summed E-state index contributed by atoms with van der Waals surface area (Å²) in [6, 6.07) is 71.3. The number of allylic oxidation sites excluding steroid dienone is 1. The first-order chi connectivity index (χ1) is 30.8. The highest BCUT2D eigenvalue weighted by Gasteiger charge is 2.25. The molecule has 294 valence electrons. The maximum atomic E-state index is 2.58. The maximum Gasteiger partial charge on any atom is 0.0547 e. The van der Waals surface area contributed by atoms with Crippen LogP contribution in [0.2, 0.25) is 0 Å². The van der Waals surface area contributed by atoms with Crippen molar-refractivity contribution in [2.45, 2.75) is 25.7 Å². The van der Waals surface area contributed by atoms with Gasteiger partial charge in [0.2, 0.25) is 0 Å². The molecule has 0 fully saturated rings. The van der Waals surface area contributed by atoms with Gasteiger partial charge in [-0.3, -0.25) is 0 Å². The summed E-state index contributed by atoms with van der Waals surface area (Å²) in [5.74, 6) is 0. The Morgan fingerprint density at radius 3 is 1.44 bits per heavy atom. The van der Waals surface area contributed by atoms with E-state index in [2.05, 4.69) is 228 Å². The van der Waals surface area contributed by atoms with Crippen molar-refractivity contribution in [1.82, 2.24) is 9.13 Å². The van der Waals surface area contributed by atoms with Crippen LogP contribution < -0.4 is 10.6 Å². The van der Waals surface area contributed by atoms with Gasteiger partial charge in [-0.25, -0.2) is 0 Å². The first-order valence-corrected chi connectivity index (χ1v) is 22.0. The minimum absolute atomic E-state index is 0.981. The molecule has 10 aromatic rings. The van der Waals surface area contributed by atoms with Crippen molar-refractivity contribution in [3.05, 3.63) is 222 Å². The number of nitrogens with zero attached hydrogens (tertiary/aromatic N) is 2. The van der Waals surface area contributed by atoms with Crippen molar-refractivity contribution in [3.8, 4) is 67.0 Å². The van der Waals surface area contributed by atoms with Crippen molar-refractivity contribution >= 4 is 40.0 Å². The summed E-state index contributed by atoms with van der Waals surface area (Å²) in [6.45, 7) is 0. The van der Waals surface area contributed by atoms with Crippen molar-refractivity contribution < 1.29 is 0 Å². The lowest BCUT2D eigenvalue weighted by Gasteiger charge is -2.18. The van der Waals surface area contributed by atoms with E-state index in [-0.39, 0.29) is 0 Å². The van der Waals surface area contributed by atoms with Crippen molar-refractivity contribution in [3.63, 3.8) is 0 Å². The van der Waals surface area contributed by atoms with Crippen LogP contribution in [-0.2, 0) is 6.42 Å². The van der Waals surface area contributed by atoms with Crippen molar-refractivity contribution in [2.24, 2.45) is 0 Å². The van der Waals surface area contributed by atoms with Crippen LogP contribution in [0.1, 0.15) is 30.5 Å². The van der Waals surface area contributed by atoms with Gasteiger partial charge in [0.1, 0.15) is 0 Å². The molecular formula is C60H44N2. The van der Waals surface area contributed by atoms with E-state index in [9.17, 15) is 0 Å². The minimum atomic E-state index is 0.981. The molecule has 0 spiro atoms. The largest absolute Gasteiger partial charge is 0.312 e. The van der Waals surface area contributed by atoms with Gasteiger partial charge in [-0.15, -0.1) is 0 Å². The SMILES string of the molecule is C1=Cc2c(n(-c3ccc(-c4ccccc4)cc3-c3ccccc3)c3cccc(-c4cccc5c4c4c(n5-c5ccc(-c6ccccc6)cc5-c5ccccc5)=CCCC=4)c23)CC1. The molecule has 2 heteroatoms. The molecule has 0 saturated carbocycles. The number of hydrogen-bond acceptors (Lipinski definition) is 0. The van der Waals surface area contributed by atoms with Crippen LogP contribution in [0.15, 0.2) is 200 Å². The lowest BCUT2D eigenvalue weighted by Crippen LogP contribution is -2.30. The van der Waals surface area contributed by atoms with E-state index in [0.717, 1.165) is 25.7 Å². The smallest absolute Gasteiger partial charge is 0.0547 e. The zero-order chi connectivity index (χ0) is 41.0. The second-order valence-electron chi connectivity index (χ2n) is 16.6. The van der Waals surface area contributed by atoms with Gasteiger partial charge in [-0.1, -0.05) is 182 Å². The van der Waals surface area contributed by atoms with Crippen LogP contribution in [0.4, 0.5) is 0 Å². The van der Waals surface area contributed by atoms with Crippen molar-refractivity contribution in [1.29, 1.82) is 0 Å². The zero-order valence-electron chi connectivity index (χ0n) is 34.5.